The molecule has 2 rings (SSSR count). The molecule has 1 saturated heterocycles. The van der Waals surface area contributed by atoms with Gasteiger partial charge in [0.05, 0.1) is 4.90 Å². The molecule has 118 valence electrons. The molecule has 1 heterocycles. The van der Waals surface area contributed by atoms with Crippen LogP contribution in [0.3, 0.4) is 0 Å². The average molecular weight is 329 g/mol. The summed E-state index contributed by atoms with van der Waals surface area (Å²) >= 11 is 1.86. The van der Waals surface area contributed by atoms with E-state index in [1.165, 1.54) is 6.42 Å². The molecular formula is C15H24N2O2S2. The third kappa shape index (κ3) is 4.98. The van der Waals surface area contributed by atoms with Crippen LogP contribution in [0.25, 0.3) is 0 Å². The highest BCUT2D eigenvalue weighted by molar-refractivity contribution is 8.00. The highest BCUT2D eigenvalue weighted by atomic mass is 32.2. The van der Waals surface area contributed by atoms with Crippen molar-refractivity contribution in [2.24, 2.45) is 0 Å². The first kappa shape index (κ1) is 16.8. The van der Waals surface area contributed by atoms with Crippen molar-refractivity contribution in [3.63, 3.8) is 0 Å². The van der Waals surface area contributed by atoms with E-state index in [1.54, 1.807) is 12.1 Å². The summed E-state index contributed by atoms with van der Waals surface area (Å²) in [6.07, 6.45) is 3.33. The maximum Gasteiger partial charge on any atom is 0.240 e. The number of nitrogens with one attached hydrogen (secondary N) is 2. The van der Waals surface area contributed by atoms with Gasteiger partial charge in [0.25, 0.3) is 0 Å². The highest BCUT2D eigenvalue weighted by Crippen LogP contribution is 2.26. The Labute approximate surface area is 132 Å². The van der Waals surface area contributed by atoms with Gasteiger partial charge in [0.2, 0.25) is 10.0 Å². The van der Waals surface area contributed by atoms with Gasteiger partial charge in [-0.25, -0.2) is 13.1 Å². The van der Waals surface area contributed by atoms with E-state index in [0.29, 0.717) is 23.2 Å². The standard InChI is InChI=1S/C15H24N2O2S2/c1-2-9-16-11-13-6-3-4-8-15(13)21(18,19)17-12-14-7-5-10-20-14/h3-4,6,8,14,16-17H,2,5,7,9-12H2,1H3. The fourth-order valence-electron chi connectivity index (χ4n) is 2.40. The van der Waals surface area contributed by atoms with E-state index in [0.717, 1.165) is 30.7 Å². The summed E-state index contributed by atoms with van der Waals surface area (Å²) in [6.45, 7) is 4.10. The zero-order valence-corrected chi connectivity index (χ0v) is 14.1. The normalized spacial score (nSPS) is 19.0. The van der Waals surface area contributed by atoms with Crippen LogP contribution in [-0.4, -0.2) is 32.5 Å². The summed E-state index contributed by atoms with van der Waals surface area (Å²) < 4.78 is 27.8. The van der Waals surface area contributed by atoms with Crippen LogP contribution in [0.1, 0.15) is 31.7 Å². The van der Waals surface area contributed by atoms with Crippen LogP contribution >= 0.6 is 11.8 Å². The van der Waals surface area contributed by atoms with E-state index in [-0.39, 0.29) is 0 Å². The second-order valence-corrected chi connectivity index (χ2v) is 8.42. The molecule has 21 heavy (non-hydrogen) atoms. The molecule has 0 aromatic heterocycles. The minimum atomic E-state index is -3.42. The summed E-state index contributed by atoms with van der Waals surface area (Å²) in [5.41, 5.74) is 0.831. The third-order valence-corrected chi connectivity index (χ3v) is 6.45. The molecule has 2 N–H and O–H groups in total. The first-order chi connectivity index (χ1) is 10.1. The molecule has 0 aliphatic carbocycles. The van der Waals surface area contributed by atoms with E-state index >= 15 is 0 Å². The molecule has 1 unspecified atom stereocenters. The molecule has 4 nitrogen and oxygen atoms in total. The number of rotatable bonds is 8. The summed E-state index contributed by atoms with van der Waals surface area (Å²) in [5, 5.41) is 3.69. The van der Waals surface area contributed by atoms with Crippen molar-refractivity contribution in [1.82, 2.24) is 10.0 Å². The van der Waals surface area contributed by atoms with Gasteiger partial charge in [0.15, 0.2) is 0 Å². The summed E-state index contributed by atoms with van der Waals surface area (Å²) in [7, 11) is -3.42. The van der Waals surface area contributed by atoms with Gasteiger partial charge < -0.3 is 5.32 Å². The minimum Gasteiger partial charge on any atom is -0.313 e. The molecule has 1 atom stereocenters. The molecule has 1 aromatic rings. The number of sulfonamides is 1. The first-order valence-corrected chi connectivity index (χ1v) is 10.1. The van der Waals surface area contributed by atoms with Crippen LogP contribution in [-0.2, 0) is 16.6 Å². The fourth-order valence-corrected chi connectivity index (χ4v) is 5.02. The van der Waals surface area contributed by atoms with Crippen molar-refractivity contribution < 1.29 is 8.42 Å². The Morgan fingerprint density at radius 3 is 2.86 bits per heavy atom. The van der Waals surface area contributed by atoms with Gasteiger partial charge >= 0.3 is 0 Å². The molecule has 0 bridgehead atoms. The van der Waals surface area contributed by atoms with Crippen molar-refractivity contribution in [1.29, 1.82) is 0 Å². The molecule has 0 saturated carbocycles. The molecule has 1 aromatic carbocycles. The van der Waals surface area contributed by atoms with Crippen molar-refractivity contribution in [2.75, 3.05) is 18.8 Å². The maximum absolute atomic E-state index is 12.5. The van der Waals surface area contributed by atoms with E-state index in [4.69, 9.17) is 0 Å². The van der Waals surface area contributed by atoms with E-state index < -0.39 is 10.0 Å². The lowest BCUT2D eigenvalue weighted by atomic mass is 10.2. The van der Waals surface area contributed by atoms with Gasteiger partial charge in [0, 0.05) is 18.3 Å². The summed E-state index contributed by atoms with van der Waals surface area (Å²) in [5.74, 6) is 1.14. The molecule has 1 aliphatic heterocycles. The van der Waals surface area contributed by atoms with Crippen LogP contribution in [0.2, 0.25) is 0 Å². The average Bonchev–Trinajstić information content (AvgIpc) is 2.99. The quantitative estimate of drug-likeness (QED) is 0.719. The van der Waals surface area contributed by atoms with Gasteiger partial charge in [-0.1, -0.05) is 25.1 Å². The Kier molecular flexibility index (Phi) is 6.54. The van der Waals surface area contributed by atoms with Crippen molar-refractivity contribution in [3.05, 3.63) is 29.8 Å². The minimum absolute atomic E-state index is 0.400. The third-order valence-electron chi connectivity index (χ3n) is 3.53. The van der Waals surface area contributed by atoms with Gasteiger partial charge in [-0.05, 0) is 43.2 Å². The topological polar surface area (TPSA) is 58.2 Å². The van der Waals surface area contributed by atoms with Gasteiger partial charge in [-0.2, -0.15) is 11.8 Å². The zero-order chi connectivity index (χ0) is 15.1. The molecule has 0 amide bonds. The summed E-state index contributed by atoms with van der Waals surface area (Å²) in [6, 6.07) is 7.23. The maximum atomic E-state index is 12.5. The molecule has 1 aliphatic rings. The Bertz CT molecular complexity index is 540. The number of hydrogen-bond donors (Lipinski definition) is 2. The lowest BCUT2D eigenvalue weighted by molar-refractivity contribution is 0.576. The van der Waals surface area contributed by atoms with E-state index in [2.05, 4.69) is 17.0 Å². The Morgan fingerprint density at radius 1 is 1.33 bits per heavy atom. The van der Waals surface area contributed by atoms with Crippen molar-refractivity contribution in [3.8, 4) is 0 Å². The Morgan fingerprint density at radius 2 is 2.14 bits per heavy atom. The second-order valence-electron chi connectivity index (χ2n) is 5.27. The molecule has 6 heteroatoms. The number of thioether (sulfide) groups is 1. The largest absolute Gasteiger partial charge is 0.313 e. The Hall–Kier alpha value is -0.560. The van der Waals surface area contributed by atoms with Crippen LogP contribution < -0.4 is 10.0 Å². The first-order valence-electron chi connectivity index (χ1n) is 7.53. The predicted molar refractivity (Wildman–Crippen MR) is 89.1 cm³/mol. The Balaban J connectivity index is 2.03. The smallest absolute Gasteiger partial charge is 0.240 e. The fraction of sp³-hybridized carbons (Fsp3) is 0.600. The predicted octanol–water partition coefficient (Wildman–Crippen LogP) is 2.36. The van der Waals surface area contributed by atoms with Crippen molar-refractivity contribution >= 4 is 21.8 Å². The highest BCUT2D eigenvalue weighted by Gasteiger charge is 2.21. The monoisotopic (exact) mass is 328 g/mol. The SMILES string of the molecule is CCCNCc1ccccc1S(=O)(=O)NCC1CCCS1. The van der Waals surface area contributed by atoms with E-state index in [1.807, 2.05) is 23.9 Å². The van der Waals surface area contributed by atoms with Crippen LogP contribution in [0.5, 0.6) is 0 Å². The van der Waals surface area contributed by atoms with Gasteiger partial charge in [0.1, 0.15) is 0 Å². The summed E-state index contributed by atoms with van der Waals surface area (Å²) in [4.78, 5) is 0.400. The zero-order valence-electron chi connectivity index (χ0n) is 12.5. The molecule has 0 spiro atoms. The number of benzene rings is 1. The number of hydrogen-bond acceptors (Lipinski definition) is 4. The van der Waals surface area contributed by atoms with Gasteiger partial charge in [-0.3, -0.25) is 0 Å². The second kappa shape index (κ2) is 8.17. The lowest BCUT2D eigenvalue weighted by Gasteiger charge is -2.14. The van der Waals surface area contributed by atoms with E-state index in [9.17, 15) is 8.42 Å². The van der Waals surface area contributed by atoms with Crippen molar-refractivity contribution in [2.45, 2.75) is 42.9 Å². The van der Waals surface area contributed by atoms with Crippen LogP contribution in [0.4, 0.5) is 0 Å². The van der Waals surface area contributed by atoms with Gasteiger partial charge in [-0.15, -0.1) is 0 Å². The molecular weight excluding hydrogens is 304 g/mol. The lowest BCUT2D eigenvalue weighted by Crippen LogP contribution is -2.31. The molecule has 1 fully saturated rings. The van der Waals surface area contributed by atoms with Crippen LogP contribution in [0, 0.1) is 0 Å². The molecule has 0 radical (unpaired) electrons. The van der Waals surface area contributed by atoms with Crippen LogP contribution in [0.15, 0.2) is 29.2 Å².